The summed E-state index contributed by atoms with van der Waals surface area (Å²) in [5.41, 5.74) is -0.117. The van der Waals surface area contributed by atoms with Gasteiger partial charge in [0.2, 0.25) is 0 Å². The topological polar surface area (TPSA) is 150 Å². The first-order chi connectivity index (χ1) is 14.2. The molecule has 0 aliphatic carbocycles. The van der Waals surface area contributed by atoms with Crippen LogP contribution in [0.1, 0.15) is 11.5 Å². The van der Waals surface area contributed by atoms with Crippen molar-refractivity contribution in [1.29, 1.82) is 0 Å². The lowest BCUT2D eigenvalue weighted by atomic mass is 9.79. The van der Waals surface area contributed by atoms with Crippen LogP contribution in [0.15, 0.2) is 12.1 Å². The van der Waals surface area contributed by atoms with Crippen LogP contribution < -0.4 is 14.2 Å². The van der Waals surface area contributed by atoms with Gasteiger partial charge in [0.1, 0.15) is 17.2 Å². The van der Waals surface area contributed by atoms with Crippen molar-refractivity contribution in [2.75, 3.05) is 42.7 Å². The van der Waals surface area contributed by atoms with Gasteiger partial charge in [-0.3, -0.25) is 19.7 Å². The summed E-state index contributed by atoms with van der Waals surface area (Å²) in [4.78, 5) is 48.2. The normalized spacial score (nSPS) is 12.4. The van der Waals surface area contributed by atoms with Crippen molar-refractivity contribution in [1.82, 2.24) is 0 Å². The van der Waals surface area contributed by atoms with Crippen molar-refractivity contribution in [3.05, 3.63) is 27.8 Å². The molecular weight excluding hydrogens is 406 g/mol. The van der Waals surface area contributed by atoms with E-state index >= 15 is 0 Å². The number of nitrogens with zero attached hydrogens (tertiary/aromatic N) is 1. The second kappa shape index (κ2) is 10.8. The number of esters is 3. The number of methoxy groups -OCH3 is 6. The highest BCUT2D eigenvalue weighted by Gasteiger charge is 2.54. The van der Waals surface area contributed by atoms with Gasteiger partial charge in [0, 0.05) is 22.6 Å². The number of benzene rings is 1. The van der Waals surface area contributed by atoms with Crippen LogP contribution in [0.4, 0.5) is 0 Å². The molecule has 12 nitrogen and oxygen atoms in total. The number of rotatable bonds is 10. The molecule has 0 amide bonds. The van der Waals surface area contributed by atoms with E-state index in [0.29, 0.717) is 0 Å². The number of hydrogen-bond acceptors (Lipinski definition) is 11. The van der Waals surface area contributed by atoms with Crippen LogP contribution in [0.3, 0.4) is 0 Å². The molecule has 0 heterocycles. The third kappa shape index (κ3) is 4.88. The Labute approximate surface area is 172 Å². The van der Waals surface area contributed by atoms with Gasteiger partial charge in [0.15, 0.2) is 5.92 Å². The first-order valence-electron chi connectivity index (χ1n) is 8.39. The minimum absolute atomic E-state index is 0.0373. The van der Waals surface area contributed by atoms with Crippen LogP contribution in [0, 0.1) is 16.0 Å². The molecule has 0 spiro atoms. The van der Waals surface area contributed by atoms with E-state index in [1.165, 1.54) is 33.5 Å². The van der Waals surface area contributed by atoms with Gasteiger partial charge in [0.05, 0.1) is 48.6 Å². The highest BCUT2D eigenvalue weighted by atomic mass is 16.6. The van der Waals surface area contributed by atoms with Gasteiger partial charge >= 0.3 is 23.9 Å². The van der Waals surface area contributed by atoms with E-state index in [1.807, 2.05) is 0 Å². The maximum Gasteiger partial charge on any atom is 0.382 e. The van der Waals surface area contributed by atoms with Crippen molar-refractivity contribution < 1.29 is 47.7 Å². The summed E-state index contributed by atoms with van der Waals surface area (Å²) in [5, 5.41) is 11.9. The SMILES string of the molecule is COC(=O)C(C(=O)OC)[C@H](c1c(OC)cc(OC)cc1OC)C(C(=O)OC)[N+](=O)[O-]. The molecule has 0 N–H and O–H groups in total. The Kier molecular flexibility index (Phi) is 8.84. The third-order valence-electron chi connectivity index (χ3n) is 4.37. The monoisotopic (exact) mass is 429 g/mol. The van der Waals surface area contributed by atoms with Crippen molar-refractivity contribution in [2.45, 2.75) is 12.0 Å². The van der Waals surface area contributed by atoms with Crippen molar-refractivity contribution >= 4 is 17.9 Å². The van der Waals surface area contributed by atoms with Crippen LogP contribution in [0.5, 0.6) is 17.2 Å². The van der Waals surface area contributed by atoms with Crippen LogP contribution in [-0.4, -0.2) is 71.5 Å². The summed E-state index contributed by atoms with van der Waals surface area (Å²) >= 11 is 0. The van der Waals surface area contributed by atoms with Crippen LogP contribution in [-0.2, 0) is 28.6 Å². The molecule has 0 aromatic heterocycles. The first kappa shape index (κ1) is 24.5. The van der Waals surface area contributed by atoms with Gasteiger partial charge in [-0.05, 0) is 0 Å². The zero-order valence-electron chi connectivity index (χ0n) is 17.3. The average Bonchev–Trinajstić information content (AvgIpc) is 2.76. The van der Waals surface area contributed by atoms with Gasteiger partial charge in [0.25, 0.3) is 0 Å². The molecule has 0 fully saturated rings. The summed E-state index contributed by atoms with van der Waals surface area (Å²) < 4.78 is 29.6. The van der Waals surface area contributed by atoms with Gasteiger partial charge in [-0.1, -0.05) is 0 Å². The molecule has 1 aromatic carbocycles. The standard InChI is InChI=1S/C18H23NO11/c1-25-9-7-10(26-2)12(11(8-9)27-3)13(15(19(23)24)18(22)30-6)14(16(20)28-4)17(21)29-5/h7-8,13-15H,1-6H3/t13-,15?/m0/s1. The molecule has 1 rings (SSSR count). The predicted molar refractivity (Wildman–Crippen MR) is 99.2 cm³/mol. The highest BCUT2D eigenvalue weighted by molar-refractivity contribution is 5.97. The molecule has 0 aliphatic rings. The zero-order valence-corrected chi connectivity index (χ0v) is 17.3. The molecule has 166 valence electrons. The lowest BCUT2D eigenvalue weighted by molar-refractivity contribution is -0.515. The third-order valence-corrected chi connectivity index (χ3v) is 4.37. The second-order valence-electron chi connectivity index (χ2n) is 5.75. The maximum absolute atomic E-state index is 12.5. The Hall–Kier alpha value is -3.57. The van der Waals surface area contributed by atoms with Gasteiger partial charge in [-0.2, -0.15) is 0 Å². The van der Waals surface area contributed by atoms with E-state index in [0.717, 1.165) is 21.3 Å². The van der Waals surface area contributed by atoms with Gasteiger partial charge in [-0.15, -0.1) is 0 Å². The molecular formula is C18H23NO11. The van der Waals surface area contributed by atoms with Crippen molar-refractivity contribution in [3.63, 3.8) is 0 Å². The van der Waals surface area contributed by atoms with Gasteiger partial charge in [-0.25, -0.2) is 4.79 Å². The summed E-state index contributed by atoms with van der Waals surface area (Å²) in [6.45, 7) is 0. The van der Waals surface area contributed by atoms with Gasteiger partial charge < -0.3 is 28.4 Å². The molecule has 1 unspecified atom stereocenters. The molecule has 2 atom stereocenters. The van der Waals surface area contributed by atoms with Crippen LogP contribution in [0.2, 0.25) is 0 Å². The molecule has 0 saturated heterocycles. The summed E-state index contributed by atoms with van der Waals surface area (Å²) in [6, 6.07) is 0.504. The lowest BCUT2D eigenvalue weighted by Crippen LogP contribution is -2.45. The smallest absolute Gasteiger partial charge is 0.382 e. The van der Waals surface area contributed by atoms with Crippen LogP contribution in [0.25, 0.3) is 0 Å². The Bertz CT molecular complexity index is 766. The molecule has 12 heteroatoms. The molecule has 30 heavy (non-hydrogen) atoms. The Morgan fingerprint density at radius 2 is 1.23 bits per heavy atom. The number of hydrogen-bond donors (Lipinski definition) is 0. The lowest BCUT2D eigenvalue weighted by Gasteiger charge is -2.27. The molecule has 1 aromatic rings. The van der Waals surface area contributed by atoms with Crippen LogP contribution >= 0.6 is 0 Å². The van der Waals surface area contributed by atoms with E-state index in [4.69, 9.17) is 14.2 Å². The Morgan fingerprint density at radius 3 is 1.53 bits per heavy atom. The predicted octanol–water partition coefficient (Wildman–Crippen LogP) is 0.577. The number of carbonyl (C=O) groups is 3. The average molecular weight is 429 g/mol. The number of carbonyl (C=O) groups excluding carboxylic acids is 3. The van der Waals surface area contributed by atoms with E-state index in [9.17, 15) is 24.5 Å². The number of ether oxygens (including phenoxy) is 6. The summed E-state index contributed by atoms with van der Waals surface area (Å²) in [6.07, 6.45) is 0. The quantitative estimate of drug-likeness (QED) is 0.169. The molecule has 0 radical (unpaired) electrons. The molecule has 0 bridgehead atoms. The Morgan fingerprint density at radius 1 is 0.800 bits per heavy atom. The van der Waals surface area contributed by atoms with E-state index < -0.39 is 40.7 Å². The Balaban J connectivity index is 4.03. The van der Waals surface area contributed by atoms with E-state index in [2.05, 4.69) is 14.2 Å². The highest BCUT2D eigenvalue weighted by Crippen LogP contribution is 2.45. The largest absolute Gasteiger partial charge is 0.496 e. The summed E-state index contributed by atoms with van der Waals surface area (Å²) in [7, 11) is 6.77. The first-order valence-corrected chi connectivity index (χ1v) is 8.39. The van der Waals surface area contributed by atoms with Crippen molar-refractivity contribution in [3.8, 4) is 17.2 Å². The summed E-state index contributed by atoms with van der Waals surface area (Å²) in [5.74, 6) is -7.12. The maximum atomic E-state index is 12.5. The second-order valence-corrected chi connectivity index (χ2v) is 5.75. The molecule has 0 aliphatic heterocycles. The fourth-order valence-electron chi connectivity index (χ4n) is 3.00. The van der Waals surface area contributed by atoms with E-state index in [-0.39, 0.29) is 22.8 Å². The fourth-order valence-corrected chi connectivity index (χ4v) is 3.00. The minimum Gasteiger partial charge on any atom is -0.496 e. The zero-order chi connectivity index (χ0) is 23.0. The number of nitro groups is 1. The minimum atomic E-state index is -2.20. The van der Waals surface area contributed by atoms with E-state index in [1.54, 1.807) is 0 Å². The fraction of sp³-hybridized carbons (Fsp3) is 0.500. The molecule has 0 saturated carbocycles. The van der Waals surface area contributed by atoms with Crippen molar-refractivity contribution in [2.24, 2.45) is 5.92 Å².